The van der Waals surface area contributed by atoms with Gasteiger partial charge in [0.15, 0.2) is 16.8 Å². The Kier molecular flexibility index (Phi) is 7.72. The minimum Gasteiger partial charge on any atom is -0.435 e. The Morgan fingerprint density at radius 1 is 1.16 bits per heavy atom. The van der Waals surface area contributed by atoms with Crippen LogP contribution < -0.4 is 10.1 Å². The number of thioether (sulfide) groups is 1. The molecule has 0 atom stereocenters. The number of carbonyl (C=O) groups excluding carboxylic acids is 2. The largest absolute Gasteiger partial charge is 0.435 e. The lowest BCUT2D eigenvalue weighted by atomic mass is 10.1. The summed E-state index contributed by atoms with van der Waals surface area (Å²) < 4.78 is 30.8. The molecule has 1 amide bonds. The second-order valence-corrected chi connectivity index (χ2v) is 7.52. The van der Waals surface area contributed by atoms with Gasteiger partial charge in [0.05, 0.1) is 5.75 Å². The fourth-order valence-electron chi connectivity index (χ4n) is 2.80. The molecule has 166 valence electrons. The Balaban J connectivity index is 1.67. The SMILES string of the molecule is C=CCn1c(SCC(=O)Nc2ccc(C(C)=O)cc2)nnc1-c1ccc(OC(F)F)cc1. The van der Waals surface area contributed by atoms with Crippen LogP contribution >= 0.6 is 11.8 Å². The van der Waals surface area contributed by atoms with E-state index in [0.29, 0.717) is 34.3 Å². The Morgan fingerprint density at radius 3 is 2.44 bits per heavy atom. The third kappa shape index (κ3) is 6.01. The molecule has 3 rings (SSSR count). The number of hydrogen-bond acceptors (Lipinski definition) is 6. The summed E-state index contributed by atoms with van der Waals surface area (Å²) in [6.45, 7) is 2.71. The lowest BCUT2D eigenvalue weighted by molar-refractivity contribution is -0.113. The first-order chi connectivity index (χ1) is 15.4. The number of nitrogens with zero attached hydrogens (tertiary/aromatic N) is 3. The van der Waals surface area contributed by atoms with Crippen molar-refractivity contribution >= 4 is 29.1 Å². The Bertz CT molecular complexity index is 1100. The number of Topliss-reactive ketones (excluding diaryl/α,β-unsaturated/α-hetero) is 1. The number of hydrogen-bond donors (Lipinski definition) is 1. The van der Waals surface area contributed by atoms with Gasteiger partial charge in [-0.2, -0.15) is 8.78 Å². The van der Waals surface area contributed by atoms with Crippen molar-refractivity contribution in [3.05, 3.63) is 66.7 Å². The Hall–Kier alpha value is -3.53. The van der Waals surface area contributed by atoms with Crippen LogP contribution in [0.3, 0.4) is 0 Å². The van der Waals surface area contributed by atoms with Gasteiger partial charge in [0.1, 0.15) is 5.75 Å². The third-order valence-corrected chi connectivity index (χ3v) is 5.24. The number of rotatable bonds is 10. The normalized spacial score (nSPS) is 10.8. The first kappa shape index (κ1) is 23.1. The molecule has 0 saturated carbocycles. The zero-order valence-corrected chi connectivity index (χ0v) is 17.9. The lowest BCUT2D eigenvalue weighted by Crippen LogP contribution is -2.14. The molecular formula is C22H20F2N4O3S. The van der Waals surface area contributed by atoms with Gasteiger partial charge in [0.2, 0.25) is 5.91 Å². The fourth-order valence-corrected chi connectivity index (χ4v) is 3.55. The average molecular weight is 458 g/mol. The molecule has 0 saturated heterocycles. The molecule has 0 bridgehead atoms. The molecular weight excluding hydrogens is 438 g/mol. The second kappa shape index (κ2) is 10.7. The number of carbonyl (C=O) groups is 2. The minimum atomic E-state index is -2.90. The summed E-state index contributed by atoms with van der Waals surface area (Å²) in [4.78, 5) is 23.7. The molecule has 2 aromatic carbocycles. The predicted octanol–water partition coefficient (Wildman–Crippen LogP) is 4.67. The van der Waals surface area contributed by atoms with Crippen LogP contribution in [0.2, 0.25) is 0 Å². The van der Waals surface area contributed by atoms with Gasteiger partial charge in [-0.05, 0) is 55.5 Å². The number of nitrogens with one attached hydrogen (secondary N) is 1. The van der Waals surface area contributed by atoms with Crippen LogP contribution in [0.25, 0.3) is 11.4 Å². The standard InChI is InChI=1S/C22H20F2N4O3S/c1-3-12-28-20(16-6-10-18(11-7-16)31-21(23)24)26-27-22(28)32-13-19(30)25-17-8-4-15(5-9-17)14(2)29/h3-11,21H,1,12-13H2,2H3,(H,25,30). The van der Waals surface area contributed by atoms with E-state index in [0.717, 1.165) is 0 Å². The molecule has 3 aromatic rings. The van der Waals surface area contributed by atoms with E-state index in [1.165, 1.54) is 30.8 Å². The van der Waals surface area contributed by atoms with Crippen LogP contribution in [0.5, 0.6) is 5.75 Å². The van der Waals surface area contributed by atoms with Crippen molar-refractivity contribution in [2.24, 2.45) is 0 Å². The van der Waals surface area contributed by atoms with E-state index in [2.05, 4.69) is 26.8 Å². The molecule has 0 unspecified atom stereocenters. The van der Waals surface area contributed by atoms with Gasteiger partial charge in [-0.25, -0.2) is 0 Å². The molecule has 0 aliphatic carbocycles. The van der Waals surface area contributed by atoms with Crippen LogP contribution in [0, 0.1) is 0 Å². The second-order valence-electron chi connectivity index (χ2n) is 6.58. The van der Waals surface area contributed by atoms with E-state index in [-0.39, 0.29) is 23.2 Å². The molecule has 1 aromatic heterocycles. The number of amides is 1. The highest BCUT2D eigenvalue weighted by atomic mass is 32.2. The summed E-state index contributed by atoms with van der Waals surface area (Å²) in [5.74, 6) is 0.350. The fraction of sp³-hybridized carbons (Fsp3) is 0.182. The monoisotopic (exact) mass is 458 g/mol. The maximum absolute atomic E-state index is 12.3. The van der Waals surface area contributed by atoms with E-state index in [4.69, 9.17) is 0 Å². The van der Waals surface area contributed by atoms with Crippen LogP contribution in [0.4, 0.5) is 14.5 Å². The van der Waals surface area contributed by atoms with Crippen molar-refractivity contribution in [1.29, 1.82) is 0 Å². The molecule has 32 heavy (non-hydrogen) atoms. The van der Waals surface area contributed by atoms with E-state index in [1.807, 2.05) is 0 Å². The lowest BCUT2D eigenvalue weighted by Gasteiger charge is -2.09. The highest BCUT2D eigenvalue weighted by Gasteiger charge is 2.16. The molecule has 0 aliphatic rings. The number of ether oxygens (including phenoxy) is 1. The smallest absolute Gasteiger partial charge is 0.387 e. The zero-order chi connectivity index (χ0) is 23.1. The molecule has 7 nitrogen and oxygen atoms in total. The maximum Gasteiger partial charge on any atom is 0.387 e. The third-order valence-electron chi connectivity index (χ3n) is 4.27. The van der Waals surface area contributed by atoms with Gasteiger partial charge in [-0.3, -0.25) is 14.2 Å². The van der Waals surface area contributed by atoms with Crippen molar-refractivity contribution in [2.45, 2.75) is 25.2 Å². The average Bonchev–Trinajstić information content (AvgIpc) is 3.15. The summed E-state index contributed by atoms with van der Waals surface area (Å²) in [5.41, 5.74) is 1.80. The molecule has 1 N–H and O–H groups in total. The number of allylic oxidation sites excluding steroid dienone is 1. The number of alkyl halides is 2. The van der Waals surface area contributed by atoms with E-state index < -0.39 is 6.61 Å². The molecule has 0 spiro atoms. The van der Waals surface area contributed by atoms with E-state index in [1.54, 1.807) is 47.0 Å². The summed E-state index contributed by atoms with van der Waals surface area (Å²) in [6.07, 6.45) is 1.67. The minimum absolute atomic E-state index is 0.0427. The highest BCUT2D eigenvalue weighted by Crippen LogP contribution is 2.26. The number of benzene rings is 2. The first-order valence-electron chi connectivity index (χ1n) is 9.50. The topological polar surface area (TPSA) is 86.1 Å². The van der Waals surface area contributed by atoms with Gasteiger partial charge in [-0.1, -0.05) is 17.8 Å². The summed E-state index contributed by atoms with van der Waals surface area (Å²) >= 11 is 1.20. The Morgan fingerprint density at radius 2 is 1.84 bits per heavy atom. The molecule has 10 heteroatoms. The molecule has 1 heterocycles. The number of aromatic nitrogens is 3. The quantitative estimate of drug-likeness (QED) is 0.270. The van der Waals surface area contributed by atoms with Gasteiger partial charge in [-0.15, -0.1) is 16.8 Å². The highest BCUT2D eigenvalue weighted by molar-refractivity contribution is 7.99. The van der Waals surface area contributed by atoms with Gasteiger partial charge < -0.3 is 10.1 Å². The summed E-state index contributed by atoms with van der Waals surface area (Å²) in [5, 5.41) is 11.6. The number of halogens is 2. The van der Waals surface area contributed by atoms with Crippen molar-refractivity contribution < 1.29 is 23.1 Å². The maximum atomic E-state index is 12.3. The van der Waals surface area contributed by atoms with Crippen LogP contribution in [-0.2, 0) is 11.3 Å². The first-order valence-corrected chi connectivity index (χ1v) is 10.5. The van der Waals surface area contributed by atoms with Gasteiger partial charge >= 0.3 is 6.61 Å². The Labute approximate surface area is 187 Å². The predicted molar refractivity (Wildman–Crippen MR) is 118 cm³/mol. The van der Waals surface area contributed by atoms with Crippen molar-refractivity contribution in [1.82, 2.24) is 14.8 Å². The summed E-state index contributed by atoms with van der Waals surface area (Å²) in [6, 6.07) is 12.7. The van der Waals surface area contributed by atoms with Crippen molar-refractivity contribution in [2.75, 3.05) is 11.1 Å². The summed E-state index contributed by atoms with van der Waals surface area (Å²) in [7, 11) is 0. The van der Waals surface area contributed by atoms with E-state index in [9.17, 15) is 18.4 Å². The van der Waals surface area contributed by atoms with Crippen molar-refractivity contribution in [3.8, 4) is 17.1 Å². The van der Waals surface area contributed by atoms with Crippen LogP contribution in [-0.4, -0.2) is 38.8 Å². The van der Waals surface area contributed by atoms with Gasteiger partial charge in [0, 0.05) is 23.4 Å². The molecule has 0 fully saturated rings. The van der Waals surface area contributed by atoms with Crippen LogP contribution in [0.1, 0.15) is 17.3 Å². The zero-order valence-electron chi connectivity index (χ0n) is 17.1. The van der Waals surface area contributed by atoms with Crippen LogP contribution in [0.15, 0.2) is 66.3 Å². The molecule has 0 aliphatic heterocycles. The van der Waals surface area contributed by atoms with Crippen molar-refractivity contribution in [3.63, 3.8) is 0 Å². The van der Waals surface area contributed by atoms with Gasteiger partial charge in [0.25, 0.3) is 0 Å². The number of anilines is 1. The number of ketones is 1. The molecule has 0 radical (unpaired) electrons. The van der Waals surface area contributed by atoms with E-state index >= 15 is 0 Å².